The number of benzene rings is 1. The number of nitrogens with zero attached hydrogens (tertiary/aromatic N) is 1. The van der Waals surface area contributed by atoms with Gasteiger partial charge in [-0.1, -0.05) is 49.2 Å². The van der Waals surface area contributed by atoms with Crippen LogP contribution in [0.3, 0.4) is 0 Å². The van der Waals surface area contributed by atoms with Crippen LogP contribution in [0.25, 0.3) is 0 Å². The lowest BCUT2D eigenvalue weighted by Crippen LogP contribution is -2.34. The Bertz CT molecular complexity index is 520. The molecule has 114 valence electrons. The molecule has 0 N–H and O–H groups in total. The Hall–Kier alpha value is -0.460. The number of thioether (sulfide) groups is 1. The molecule has 0 amide bonds. The Labute approximate surface area is 141 Å². The number of hydrogen-bond acceptors (Lipinski definition) is 2. The molecule has 3 heteroatoms. The summed E-state index contributed by atoms with van der Waals surface area (Å²) < 4.78 is 1.11. The second-order valence-electron chi connectivity index (χ2n) is 6.70. The van der Waals surface area contributed by atoms with Crippen molar-refractivity contribution in [1.82, 2.24) is 0 Å². The van der Waals surface area contributed by atoms with E-state index in [1.165, 1.54) is 17.7 Å². The summed E-state index contributed by atoms with van der Waals surface area (Å²) in [6.45, 7) is 7.04. The summed E-state index contributed by atoms with van der Waals surface area (Å²) in [4.78, 5) is 1.27. The molecule has 3 unspecified atom stereocenters. The summed E-state index contributed by atoms with van der Waals surface area (Å²) in [5.41, 5.74) is 0.385. The van der Waals surface area contributed by atoms with Gasteiger partial charge in [-0.15, -0.1) is 11.8 Å². The molecule has 2 rings (SSSR count). The quantitative estimate of drug-likeness (QED) is 0.626. The minimum atomic E-state index is 0.192. The first-order valence-electron chi connectivity index (χ1n) is 7.78. The van der Waals surface area contributed by atoms with Gasteiger partial charge in [0.05, 0.1) is 12.0 Å². The molecule has 0 aliphatic heterocycles. The first-order chi connectivity index (χ1) is 9.96. The van der Waals surface area contributed by atoms with Gasteiger partial charge in [-0.2, -0.15) is 5.26 Å². The van der Waals surface area contributed by atoms with Crippen molar-refractivity contribution in [2.45, 2.75) is 56.6 Å². The Morgan fingerprint density at radius 3 is 2.76 bits per heavy atom. The molecule has 0 aromatic heterocycles. The second kappa shape index (κ2) is 7.20. The van der Waals surface area contributed by atoms with E-state index in [0.29, 0.717) is 10.7 Å². The molecule has 1 aliphatic rings. The number of nitriles is 1. The molecule has 1 aliphatic carbocycles. The molecular weight excluding hydrogens is 342 g/mol. The van der Waals surface area contributed by atoms with Crippen LogP contribution in [0.2, 0.25) is 0 Å². The van der Waals surface area contributed by atoms with Crippen LogP contribution >= 0.6 is 27.7 Å². The minimum Gasteiger partial charge on any atom is -0.198 e. The molecule has 3 atom stereocenters. The zero-order valence-corrected chi connectivity index (χ0v) is 15.5. The molecule has 1 fully saturated rings. The standard InChI is InChI=1S/C18H24BrNS/c1-4-18(2,3)14-9-8-13(12-20)17(10-14)21-16-7-5-6-15(19)11-16/h5-7,11,13-14,17H,4,8-10H2,1-3H3. The van der Waals surface area contributed by atoms with Crippen molar-refractivity contribution in [2.24, 2.45) is 17.3 Å². The van der Waals surface area contributed by atoms with Crippen molar-refractivity contribution < 1.29 is 0 Å². The number of halogens is 1. The van der Waals surface area contributed by atoms with E-state index in [-0.39, 0.29) is 5.92 Å². The molecule has 0 saturated heterocycles. The van der Waals surface area contributed by atoms with Crippen LogP contribution in [-0.2, 0) is 0 Å². The molecular formula is C18H24BrNS. The van der Waals surface area contributed by atoms with Crippen LogP contribution < -0.4 is 0 Å². The maximum absolute atomic E-state index is 9.47. The van der Waals surface area contributed by atoms with E-state index in [1.807, 2.05) is 11.8 Å². The number of rotatable bonds is 4. The van der Waals surface area contributed by atoms with Crippen molar-refractivity contribution in [3.63, 3.8) is 0 Å². The highest BCUT2D eigenvalue weighted by atomic mass is 79.9. The molecule has 21 heavy (non-hydrogen) atoms. The second-order valence-corrected chi connectivity index (χ2v) is 8.93. The molecule has 0 bridgehead atoms. The average Bonchev–Trinajstić information content (AvgIpc) is 2.47. The highest BCUT2D eigenvalue weighted by Gasteiger charge is 2.37. The minimum absolute atomic E-state index is 0.192. The van der Waals surface area contributed by atoms with Crippen molar-refractivity contribution in [3.05, 3.63) is 28.7 Å². The zero-order chi connectivity index (χ0) is 15.5. The maximum atomic E-state index is 9.47. The molecule has 0 radical (unpaired) electrons. The Balaban J connectivity index is 2.12. The van der Waals surface area contributed by atoms with Crippen LogP contribution in [0.1, 0.15) is 46.5 Å². The van der Waals surface area contributed by atoms with Gasteiger partial charge in [0.15, 0.2) is 0 Å². The van der Waals surface area contributed by atoms with Gasteiger partial charge in [-0.3, -0.25) is 0 Å². The molecule has 1 aromatic rings. The molecule has 0 spiro atoms. The zero-order valence-electron chi connectivity index (χ0n) is 13.1. The Kier molecular flexibility index (Phi) is 5.80. The van der Waals surface area contributed by atoms with Crippen LogP contribution in [0.5, 0.6) is 0 Å². The normalized spacial score (nSPS) is 26.3. The summed E-state index contributed by atoms with van der Waals surface area (Å²) in [5.74, 6) is 0.926. The summed E-state index contributed by atoms with van der Waals surface area (Å²) in [5, 5.41) is 9.89. The third-order valence-corrected chi connectivity index (χ3v) is 6.90. The first-order valence-corrected chi connectivity index (χ1v) is 9.45. The monoisotopic (exact) mass is 365 g/mol. The lowest BCUT2D eigenvalue weighted by atomic mass is 9.67. The lowest BCUT2D eigenvalue weighted by molar-refractivity contribution is 0.144. The molecule has 0 heterocycles. The maximum Gasteiger partial charge on any atom is 0.0667 e. The summed E-state index contributed by atoms with van der Waals surface area (Å²) >= 11 is 5.42. The third kappa shape index (κ3) is 4.27. The van der Waals surface area contributed by atoms with Gasteiger partial charge >= 0.3 is 0 Å². The van der Waals surface area contributed by atoms with Gasteiger partial charge < -0.3 is 0 Å². The fourth-order valence-corrected chi connectivity index (χ4v) is 5.06. The predicted molar refractivity (Wildman–Crippen MR) is 94.3 cm³/mol. The summed E-state index contributed by atoms with van der Waals surface area (Å²) in [6, 6.07) is 11.0. The van der Waals surface area contributed by atoms with Gasteiger partial charge in [0.2, 0.25) is 0 Å². The Morgan fingerprint density at radius 2 is 2.14 bits per heavy atom. The number of hydrogen-bond donors (Lipinski definition) is 0. The highest BCUT2D eigenvalue weighted by Crippen LogP contribution is 2.47. The van der Waals surface area contributed by atoms with E-state index in [9.17, 15) is 5.26 Å². The summed E-state index contributed by atoms with van der Waals surface area (Å²) in [7, 11) is 0. The van der Waals surface area contributed by atoms with E-state index in [2.05, 4.69) is 67.0 Å². The van der Waals surface area contributed by atoms with Gasteiger partial charge in [-0.25, -0.2) is 0 Å². The summed E-state index contributed by atoms with van der Waals surface area (Å²) in [6.07, 6.45) is 4.63. The Morgan fingerprint density at radius 1 is 1.38 bits per heavy atom. The van der Waals surface area contributed by atoms with Gasteiger partial charge in [-0.05, 0) is 48.8 Å². The van der Waals surface area contributed by atoms with Crippen LogP contribution in [0.15, 0.2) is 33.6 Å². The van der Waals surface area contributed by atoms with Crippen LogP contribution in [0, 0.1) is 28.6 Å². The van der Waals surface area contributed by atoms with E-state index in [1.54, 1.807) is 0 Å². The van der Waals surface area contributed by atoms with E-state index >= 15 is 0 Å². The van der Waals surface area contributed by atoms with Gasteiger partial charge in [0.1, 0.15) is 0 Å². The SMILES string of the molecule is CCC(C)(C)C1CCC(C#N)C(Sc2cccc(Br)c2)C1. The van der Waals surface area contributed by atoms with Gasteiger partial charge in [0.25, 0.3) is 0 Å². The van der Waals surface area contributed by atoms with Gasteiger partial charge in [0, 0.05) is 14.6 Å². The third-order valence-electron chi connectivity index (χ3n) is 5.06. The van der Waals surface area contributed by atoms with E-state index in [0.717, 1.165) is 23.2 Å². The smallest absolute Gasteiger partial charge is 0.0667 e. The highest BCUT2D eigenvalue weighted by molar-refractivity contribution is 9.10. The van der Waals surface area contributed by atoms with E-state index < -0.39 is 0 Å². The van der Waals surface area contributed by atoms with Crippen LogP contribution in [0.4, 0.5) is 0 Å². The fourth-order valence-electron chi connectivity index (χ4n) is 3.12. The molecule has 1 nitrogen and oxygen atoms in total. The molecule has 1 saturated carbocycles. The topological polar surface area (TPSA) is 23.8 Å². The fraction of sp³-hybridized carbons (Fsp3) is 0.611. The van der Waals surface area contributed by atoms with Crippen molar-refractivity contribution in [3.8, 4) is 6.07 Å². The van der Waals surface area contributed by atoms with Crippen molar-refractivity contribution >= 4 is 27.7 Å². The average molecular weight is 366 g/mol. The predicted octanol–water partition coefficient (Wildman–Crippen LogP) is 6.29. The lowest BCUT2D eigenvalue weighted by Gasteiger charge is -2.41. The first kappa shape index (κ1) is 16.9. The van der Waals surface area contributed by atoms with Crippen molar-refractivity contribution in [1.29, 1.82) is 5.26 Å². The van der Waals surface area contributed by atoms with E-state index in [4.69, 9.17) is 0 Å². The van der Waals surface area contributed by atoms with Crippen LogP contribution in [-0.4, -0.2) is 5.25 Å². The van der Waals surface area contributed by atoms with Crippen molar-refractivity contribution in [2.75, 3.05) is 0 Å². The largest absolute Gasteiger partial charge is 0.198 e. The molecule has 1 aromatic carbocycles.